The zero-order chi connectivity index (χ0) is 23.7. The predicted molar refractivity (Wildman–Crippen MR) is 122 cm³/mol. The third-order valence-electron chi connectivity index (χ3n) is 8.71. The third-order valence-corrected chi connectivity index (χ3v) is 8.71. The minimum absolute atomic E-state index is 0.115. The number of carbonyl (C=O) groups excluding carboxylic acids is 1. The summed E-state index contributed by atoms with van der Waals surface area (Å²) in [4.78, 5) is 18.8. The maximum Gasteiger partial charge on any atom is 0.297 e. The molecule has 2 aromatic heterocycles. The predicted octanol–water partition coefficient (Wildman–Crippen LogP) is 4.50. The monoisotopic (exact) mass is 462 g/mol. The molecular formula is C25H25BF2N4O2. The van der Waals surface area contributed by atoms with E-state index in [0.29, 0.717) is 14.0 Å². The Morgan fingerprint density at radius 3 is 2.74 bits per heavy atom. The summed E-state index contributed by atoms with van der Waals surface area (Å²) in [6, 6.07) is 5.68. The lowest BCUT2D eigenvalue weighted by molar-refractivity contribution is 0.0671. The van der Waals surface area contributed by atoms with Gasteiger partial charge in [0.25, 0.3) is 11.8 Å². The number of hydrogen-bond donors (Lipinski definition) is 0. The average Bonchev–Trinajstić information content (AvgIpc) is 3.50. The van der Waals surface area contributed by atoms with E-state index in [4.69, 9.17) is 4.42 Å². The molecule has 6 rings (SSSR count). The molecule has 2 fully saturated rings. The number of halogens is 2. The van der Waals surface area contributed by atoms with Crippen LogP contribution in [0.2, 0.25) is 6.32 Å². The molecule has 9 heteroatoms. The fourth-order valence-corrected chi connectivity index (χ4v) is 7.17. The Morgan fingerprint density at radius 2 is 2.00 bits per heavy atom. The molecule has 3 heterocycles. The average molecular weight is 462 g/mol. The van der Waals surface area contributed by atoms with Gasteiger partial charge in [-0.25, -0.2) is 13.8 Å². The van der Waals surface area contributed by atoms with E-state index in [1.54, 1.807) is 0 Å². The van der Waals surface area contributed by atoms with Crippen LogP contribution in [0, 0.1) is 23.0 Å². The smallest absolute Gasteiger partial charge is 0.297 e. The Labute approximate surface area is 197 Å². The highest BCUT2D eigenvalue weighted by Crippen LogP contribution is 2.70. The zero-order valence-electron chi connectivity index (χ0n) is 19.2. The second-order valence-corrected chi connectivity index (χ2v) is 10.3. The van der Waals surface area contributed by atoms with Gasteiger partial charge in [-0.2, -0.15) is 10.2 Å². The van der Waals surface area contributed by atoms with Gasteiger partial charge < -0.3 is 9.23 Å². The molecule has 3 atom stereocenters. The van der Waals surface area contributed by atoms with Crippen molar-refractivity contribution in [3.63, 3.8) is 0 Å². The van der Waals surface area contributed by atoms with Crippen molar-refractivity contribution in [2.75, 3.05) is 6.54 Å². The minimum Gasteiger partial charge on any atom is -0.441 e. The van der Waals surface area contributed by atoms with Crippen LogP contribution in [0.25, 0.3) is 11.3 Å². The van der Waals surface area contributed by atoms with Crippen molar-refractivity contribution < 1.29 is 18.0 Å². The van der Waals surface area contributed by atoms with Crippen LogP contribution in [-0.2, 0) is 5.41 Å². The van der Waals surface area contributed by atoms with Crippen LogP contribution < -0.4 is 0 Å². The van der Waals surface area contributed by atoms with E-state index in [9.17, 15) is 13.6 Å². The number of benzene rings is 1. The van der Waals surface area contributed by atoms with Crippen molar-refractivity contribution >= 4 is 13.3 Å². The van der Waals surface area contributed by atoms with Crippen LogP contribution in [0.5, 0.6) is 0 Å². The summed E-state index contributed by atoms with van der Waals surface area (Å²) in [5.41, 5.74) is 1.72. The fraction of sp³-hybridized carbons (Fsp3) is 0.440. The molecule has 34 heavy (non-hydrogen) atoms. The molecule has 6 nitrogen and oxygen atoms in total. The van der Waals surface area contributed by atoms with Gasteiger partial charge in [-0.3, -0.25) is 4.79 Å². The Kier molecular flexibility index (Phi) is 4.70. The Morgan fingerprint density at radius 1 is 1.21 bits per heavy atom. The number of rotatable bonds is 3. The normalized spacial score (nSPS) is 26.9. The first-order valence-corrected chi connectivity index (χ1v) is 11.9. The lowest BCUT2D eigenvalue weighted by Crippen LogP contribution is -2.52. The van der Waals surface area contributed by atoms with E-state index in [2.05, 4.69) is 29.0 Å². The summed E-state index contributed by atoms with van der Waals surface area (Å²) in [7, 11) is 0.668. The molecule has 174 valence electrons. The van der Waals surface area contributed by atoms with Gasteiger partial charge in [0, 0.05) is 12.0 Å². The molecule has 1 aromatic carbocycles. The summed E-state index contributed by atoms with van der Waals surface area (Å²) >= 11 is 0. The molecule has 0 N–H and O–H groups in total. The van der Waals surface area contributed by atoms with Crippen molar-refractivity contribution in [1.29, 1.82) is 0 Å². The van der Waals surface area contributed by atoms with Gasteiger partial charge >= 0.3 is 0 Å². The fourth-order valence-electron chi connectivity index (χ4n) is 7.17. The van der Waals surface area contributed by atoms with Crippen molar-refractivity contribution in [3.8, 4) is 11.3 Å². The van der Waals surface area contributed by atoms with Gasteiger partial charge in [0.2, 0.25) is 7.41 Å². The number of hydrogen-bond acceptors (Lipinski definition) is 5. The van der Waals surface area contributed by atoms with E-state index < -0.39 is 11.6 Å². The number of fused-ring (bicyclic) bond motifs is 5. The van der Waals surface area contributed by atoms with Crippen LogP contribution >= 0.6 is 0 Å². The Bertz CT molecular complexity index is 1260. The third kappa shape index (κ3) is 2.78. The number of nitrogens with zero attached hydrogens (tertiary/aromatic N) is 4. The van der Waals surface area contributed by atoms with E-state index >= 15 is 0 Å². The van der Waals surface area contributed by atoms with Crippen LogP contribution in [0.3, 0.4) is 0 Å². The van der Waals surface area contributed by atoms with E-state index in [1.165, 1.54) is 30.7 Å². The minimum atomic E-state index is -0.639. The van der Waals surface area contributed by atoms with Gasteiger partial charge in [-0.05, 0) is 53.9 Å². The summed E-state index contributed by atoms with van der Waals surface area (Å²) in [6.07, 6.45) is 6.71. The second kappa shape index (κ2) is 7.45. The largest absolute Gasteiger partial charge is 0.441 e. The van der Waals surface area contributed by atoms with E-state index in [-0.39, 0.29) is 45.7 Å². The van der Waals surface area contributed by atoms with Gasteiger partial charge in [-0.1, -0.05) is 32.7 Å². The number of carbonyl (C=O) groups is 1. The van der Waals surface area contributed by atoms with Gasteiger partial charge in [0.05, 0.1) is 23.1 Å². The van der Waals surface area contributed by atoms with Crippen molar-refractivity contribution in [2.45, 2.75) is 50.8 Å². The quantitative estimate of drug-likeness (QED) is 0.537. The Hall–Kier alpha value is -3.10. The summed E-state index contributed by atoms with van der Waals surface area (Å²) in [5.74, 6) is -0.923. The standard InChI is InChI=1S/C25H25BF2N4O2/c1-24(2)16-6-8-25(24,14-7-9-26-32(13-14)23(33)22-29-10-11-34-22)21-15(16)12-19(30-31-21)20-17(27)4-3-5-18(20)28/h3-5,10-12,14,16,26H,6-9,13H2,1-2H3/t14-,16-,25-/m0/s1. The van der Waals surface area contributed by atoms with E-state index in [0.717, 1.165) is 36.8 Å². The van der Waals surface area contributed by atoms with Crippen LogP contribution in [0.15, 0.2) is 41.1 Å². The lowest BCUT2D eigenvalue weighted by atomic mass is 9.57. The highest BCUT2D eigenvalue weighted by Gasteiger charge is 2.66. The highest BCUT2D eigenvalue weighted by molar-refractivity contribution is 6.38. The molecule has 3 aliphatic rings. The molecule has 0 radical (unpaired) electrons. The molecule has 2 bridgehead atoms. The molecular weight excluding hydrogens is 437 g/mol. The topological polar surface area (TPSA) is 72.1 Å². The summed E-state index contributed by atoms with van der Waals surface area (Å²) in [6.45, 7) is 5.14. The maximum atomic E-state index is 14.5. The summed E-state index contributed by atoms with van der Waals surface area (Å²) in [5, 5.41) is 8.97. The molecule has 1 aliphatic heterocycles. The van der Waals surface area contributed by atoms with Crippen LogP contribution in [0.1, 0.15) is 61.0 Å². The van der Waals surface area contributed by atoms with E-state index in [1.807, 2.05) is 10.9 Å². The Balaban J connectivity index is 1.40. The molecule has 3 aromatic rings. The second-order valence-electron chi connectivity index (χ2n) is 10.3. The maximum absolute atomic E-state index is 14.5. The molecule has 1 saturated heterocycles. The van der Waals surface area contributed by atoms with Crippen molar-refractivity contribution in [2.24, 2.45) is 11.3 Å². The number of oxazole rings is 1. The number of aromatic nitrogens is 3. The van der Waals surface area contributed by atoms with Gasteiger partial charge in [-0.15, -0.1) is 0 Å². The van der Waals surface area contributed by atoms with Gasteiger partial charge in [0.1, 0.15) is 17.9 Å². The summed E-state index contributed by atoms with van der Waals surface area (Å²) < 4.78 is 34.2. The zero-order valence-corrected chi connectivity index (χ0v) is 19.2. The molecule has 0 spiro atoms. The van der Waals surface area contributed by atoms with Crippen molar-refractivity contribution in [1.82, 2.24) is 20.0 Å². The SMILES string of the molecule is CC1(C)[C@H]2CC[C@]1([C@H]1CCBN(C(=O)c3ncco3)C1)c1nnc(-c3c(F)cccc3F)cc12. The highest BCUT2D eigenvalue weighted by atomic mass is 19.1. The van der Waals surface area contributed by atoms with Crippen molar-refractivity contribution in [3.05, 3.63) is 65.5 Å². The molecule has 2 aliphatic carbocycles. The number of amides is 1. The van der Waals surface area contributed by atoms with Gasteiger partial charge in [0.15, 0.2) is 0 Å². The lowest BCUT2D eigenvalue weighted by Gasteiger charge is -2.48. The first kappa shape index (κ1) is 21.4. The molecule has 1 amide bonds. The van der Waals surface area contributed by atoms with Crippen LogP contribution in [-0.4, -0.2) is 39.9 Å². The molecule has 0 unspecified atom stereocenters. The molecule has 1 saturated carbocycles. The first-order chi connectivity index (χ1) is 16.3. The first-order valence-electron chi connectivity index (χ1n) is 11.9. The van der Waals surface area contributed by atoms with Crippen LogP contribution in [0.4, 0.5) is 8.78 Å².